The molecule has 254 valence electrons. The van der Waals surface area contributed by atoms with E-state index < -0.39 is 5.97 Å². The van der Waals surface area contributed by atoms with Gasteiger partial charge in [-0.05, 0) is 100 Å². The number of benzene rings is 4. The van der Waals surface area contributed by atoms with E-state index in [0.29, 0.717) is 33.9 Å². The predicted octanol–water partition coefficient (Wildman–Crippen LogP) is 10.5. The van der Waals surface area contributed by atoms with Crippen molar-refractivity contribution in [3.05, 3.63) is 107 Å². The minimum absolute atomic E-state index is 0.0700. The number of carbonyl (C=O) groups excluding carboxylic acids is 1. The monoisotopic (exact) mass is 686 g/mol. The van der Waals surface area contributed by atoms with Crippen molar-refractivity contribution in [1.82, 2.24) is 0 Å². The van der Waals surface area contributed by atoms with Crippen LogP contribution in [0.15, 0.2) is 83.3 Å². The van der Waals surface area contributed by atoms with Gasteiger partial charge in [-0.25, -0.2) is 9.21 Å². The van der Waals surface area contributed by atoms with E-state index in [-0.39, 0.29) is 22.5 Å². The number of aromatic carboxylic acids is 1. The summed E-state index contributed by atoms with van der Waals surface area (Å²) in [6.45, 7) is 13.0. The summed E-state index contributed by atoms with van der Waals surface area (Å²) in [5, 5.41) is 15.2. The number of carboxylic acids is 1. The molecule has 2 aliphatic heterocycles. The van der Waals surface area contributed by atoms with E-state index in [1.54, 1.807) is 36.4 Å². The molecule has 5 aromatic rings. The topological polar surface area (TPSA) is 84.2 Å². The van der Waals surface area contributed by atoms with Crippen LogP contribution in [0.4, 0.5) is 17.1 Å². The van der Waals surface area contributed by atoms with Gasteiger partial charge in [0.25, 0.3) is 5.91 Å². The highest BCUT2D eigenvalue weighted by Gasteiger charge is 2.35. The molecule has 2 N–H and O–H groups in total. The lowest BCUT2D eigenvalue weighted by Gasteiger charge is -2.40. The minimum Gasteiger partial charge on any atom is -0.478 e. The van der Waals surface area contributed by atoms with Crippen LogP contribution in [0.5, 0.6) is 0 Å². The number of halogens is 1. The van der Waals surface area contributed by atoms with Gasteiger partial charge in [-0.3, -0.25) is 4.79 Å². The highest BCUT2D eigenvalue weighted by atomic mass is 35.5. The molecule has 0 bridgehead atoms. The van der Waals surface area contributed by atoms with E-state index in [2.05, 4.69) is 107 Å². The number of allylic oxidation sites excluding steroid dienone is 2. The third kappa shape index (κ3) is 5.41. The summed E-state index contributed by atoms with van der Waals surface area (Å²) in [6, 6.07) is 20.5. The maximum absolute atomic E-state index is 13.2. The fraction of sp³-hybridized carbons (Fsp3) is 0.262. The number of hydrogen-bond donors (Lipinski definition) is 2. The van der Waals surface area contributed by atoms with Gasteiger partial charge in [-0.1, -0.05) is 30.4 Å². The first-order chi connectivity index (χ1) is 23.6. The van der Waals surface area contributed by atoms with E-state index in [1.807, 2.05) is 0 Å². The average molecular weight is 687 g/mol. The highest BCUT2D eigenvalue weighted by Crippen LogP contribution is 2.48. The van der Waals surface area contributed by atoms with Gasteiger partial charge in [-0.15, -0.1) is 11.6 Å². The number of nitrogens with one attached hydrogen (secondary N) is 1. The Kier molecular flexibility index (Phi) is 7.83. The van der Waals surface area contributed by atoms with Crippen LogP contribution >= 0.6 is 11.6 Å². The molecule has 7 rings (SSSR count). The lowest BCUT2D eigenvalue weighted by Crippen LogP contribution is -2.42. The zero-order chi connectivity index (χ0) is 35.9. The quantitative estimate of drug-likeness (QED) is 0.109. The molecule has 0 aliphatic carbocycles. The average Bonchev–Trinajstić information content (AvgIpc) is 3.07. The lowest BCUT2D eigenvalue weighted by atomic mass is 9.85. The lowest BCUT2D eigenvalue weighted by molar-refractivity contribution is 0.0697. The van der Waals surface area contributed by atoms with Crippen LogP contribution in [-0.2, 0) is 5.88 Å². The van der Waals surface area contributed by atoms with Gasteiger partial charge < -0.3 is 20.2 Å². The van der Waals surface area contributed by atoms with Crippen LogP contribution < -0.4 is 15.1 Å². The van der Waals surface area contributed by atoms with E-state index in [4.69, 9.17) is 16.0 Å². The first-order valence-electron chi connectivity index (χ1n) is 16.7. The number of carbonyl (C=O) groups is 2. The second-order valence-corrected chi connectivity index (χ2v) is 14.9. The molecule has 0 atom stereocenters. The van der Waals surface area contributed by atoms with Crippen molar-refractivity contribution < 1.29 is 19.1 Å². The van der Waals surface area contributed by atoms with Gasteiger partial charge in [0, 0.05) is 47.9 Å². The molecule has 50 heavy (non-hydrogen) atoms. The molecule has 0 spiro atoms. The second kappa shape index (κ2) is 11.7. The Bertz CT molecular complexity index is 2240. The summed E-state index contributed by atoms with van der Waals surface area (Å²) in [5.41, 5.74) is 10.5. The summed E-state index contributed by atoms with van der Waals surface area (Å²) in [6.07, 6.45) is 4.51. The van der Waals surface area contributed by atoms with Crippen LogP contribution in [0.3, 0.4) is 0 Å². The fourth-order valence-electron chi connectivity index (χ4n) is 7.43. The number of alkyl halides is 1. The normalized spacial score (nSPS) is 16.1. The van der Waals surface area contributed by atoms with Crippen molar-refractivity contribution in [2.45, 2.75) is 58.5 Å². The van der Waals surface area contributed by atoms with E-state index in [0.717, 1.165) is 55.5 Å². The fourth-order valence-corrected chi connectivity index (χ4v) is 7.61. The number of hydrogen-bond acceptors (Lipinski definition) is 4. The van der Waals surface area contributed by atoms with E-state index in [1.165, 1.54) is 6.07 Å². The summed E-state index contributed by atoms with van der Waals surface area (Å²) in [5.74, 6) is -1.09. The minimum atomic E-state index is -1.10. The van der Waals surface area contributed by atoms with Crippen LogP contribution in [0.1, 0.15) is 78.9 Å². The Balaban J connectivity index is 1.49. The van der Waals surface area contributed by atoms with Gasteiger partial charge in [0.1, 0.15) is 0 Å². The maximum Gasteiger partial charge on any atom is 0.363 e. The Hall–Kier alpha value is -5.14. The molecular weight excluding hydrogens is 646 g/mol. The van der Waals surface area contributed by atoms with Crippen LogP contribution in [-0.4, -0.2) is 42.2 Å². The van der Waals surface area contributed by atoms with Gasteiger partial charge in [0.2, 0.25) is 0 Å². The Morgan fingerprint density at radius 2 is 1.28 bits per heavy atom. The molecule has 1 aromatic heterocycles. The van der Waals surface area contributed by atoms with E-state index >= 15 is 0 Å². The summed E-state index contributed by atoms with van der Waals surface area (Å²) < 4.78 is 6.78. The third-order valence-electron chi connectivity index (χ3n) is 10.5. The first kappa shape index (κ1) is 33.4. The highest BCUT2D eigenvalue weighted by molar-refractivity contribution is 6.17. The molecule has 0 saturated heterocycles. The summed E-state index contributed by atoms with van der Waals surface area (Å²) in [7, 11) is 4.17. The standard InChI is InChI=1S/C42H40ClN3O4/c1-23-20-41(3,4)45(7)34-18-36-32(16-29(23)34)38(33-17-30-24(2)21-42(5,6)46(8)35(30)19-37(33)50-36)28-14-13-27(15-31(28)40(48)49)44-39(47)26-11-9-25(22-43)10-12-26/h9-21H,22H2,1-8H3,(H-,44,47,48,49)/p+1. The Morgan fingerprint density at radius 1 is 0.760 bits per heavy atom. The van der Waals surface area contributed by atoms with Crippen LogP contribution in [0, 0.1) is 0 Å². The molecule has 4 aromatic carbocycles. The van der Waals surface area contributed by atoms with Crippen molar-refractivity contribution in [2.75, 3.05) is 29.2 Å². The van der Waals surface area contributed by atoms with Crippen LogP contribution in [0.25, 0.3) is 44.2 Å². The molecule has 0 saturated carbocycles. The first-order valence-corrected chi connectivity index (χ1v) is 17.3. The van der Waals surface area contributed by atoms with Gasteiger partial charge >= 0.3 is 17.1 Å². The molecule has 0 radical (unpaired) electrons. The molecule has 8 heteroatoms. The van der Waals surface area contributed by atoms with Gasteiger partial charge in [-0.2, -0.15) is 0 Å². The third-order valence-corrected chi connectivity index (χ3v) is 10.9. The zero-order valence-corrected chi connectivity index (χ0v) is 30.4. The molecule has 7 nitrogen and oxygen atoms in total. The number of carboxylic acid groups (broad SMARTS) is 1. The SMILES string of the molecule is CC1=CC(C)(C)N(C)c2cc3[o+]c4cc5c(cc4c(-c4ccc(NC(=O)c6ccc(CCl)cc6)cc4C(=O)O)c3cc21)C(C)=CC(C)(C)N5C. The molecular formula is C42H41ClN3O4+. The largest absolute Gasteiger partial charge is 0.478 e. The summed E-state index contributed by atoms with van der Waals surface area (Å²) in [4.78, 5) is 30.7. The molecule has 2 aliphatic rings. The Labute approximate surface area is 297 Å². The zero-order valence-electron chi connectivity index (χ0n) is 29.7. The number of nitrogens with zero attached hydrogens (tertiary/aromatic N) is 2. The van der Waals surface area contributed by atoms with Crippen molar-refractivity contribution in [1.29, 1.82) is 0 Å². The Morgan fingerprint density at radius 3 is 1.76 bits per heavy atom. The maximum atomic E-state index is 13.2. The second-order valence-electron chi connectivity index (χ2n) is 14.6. The van der Waals surface area contributed by atoms with Crippen molar-refractivity contribution >= 4 is 73.6 Å². The van der Waals surface area contributed by atoms with Crippen molar-refractivity contribution in [3.8, 4) is 11.1 Å². The number of anilines is 3. The molecule has 0 unspecified atom stereocenters. The predicted molar refractivity (Wildman–Crippen MR) is 207 cm³/mol. The molecule has 1 amide bonds. The number of rotatable bonds is 5. The smallest absolute Gasteiger partial charge is 0.363 e. The van der Waals surface area contributed by atoms with E-state index in [9.17, 15) is 14.7 Å². The summed E-state index contributed by atoms with van der Waals surface area (Å²) >= 11 is 5.92. The number of fused-ring (bicyclic) bond motifs is 4. The molecule has 3 heterocycles. The van der Waals surface area contributed by atoms with Crippen molar-refractivity contribution in [2.24, 2.45) is 0 Å². The number of likely N-dealkylation sites (N-methyl/N-ethyl adjacent to an activating group) is 2. The van der Waals surface area contributed by atoms with Crippen molar-refractivity contribution in [3.63, 3.8) is 0 Å². The van der Waals surface area contributed by atoms with Gasteiger partial charge in [0.05, 0.1) is 50.9 Å². The molecule has 0 fully saturated rings. The van der Waals surface area contributed by atoms with Crippen LogP contribution in [0.2, 0.25) is 0 Å². The number of amides is 1. The van der Waals surface area contributed by atoms with Gasteiger partial charge in [0.15, 0.2) is 0 Å².